The van der Waals surface area contributed by atoms with Crippen LogP contribution in [0.3, 0.4) is 0 Å². The number of benzene rings is 1. The molecular weight excluding hydrogens is 325 g/mol. The Morgan fingerprint density at radius 3 is 3.10 bits per heavy atom. The first-order valence-electron chi connectivity index (χ1n) is 6.76. The molecule has 1 saturated heterocycles. The molecule has 0 aliphatic carbocycles. The third-order valence-corrected chi connectivity index (χ3v) is 4.16. The SMILES string of the molecule is Fc1ccc(Br)c(-c2noc(C3CCCCCN3)n2)c1. The molecule has 1 unspecified atom stereocenters. The highest BCUT2D eigenvalue weighted by Gasteiger charge is 2.21. The van der Waals surface area contributed by atoms with Crippen LogP contribution in [-0.4, -0.2) is 16.7 Å². The van der Waals surface area contributed by atoms with Gasteiger partial charge in [0.1, 0.15) is 5.82 Å². The third-order valence-electron chi connectivity index (χ3n) is 3.47. The van der Waals surface area contributed by atoms with E-state index in [-0.39, 0.29) is 11.9 Å². The van der Waals surface area contributed by atoms with Crippen molar-refractivity contribution in [3.8, 4) is 11.4 Å². The molecule has 106 valence electrons. The largest absolute Gasteiger partial charge is 0.337 e. The van der Waals surface area contributed by atoms with Crippen molar-refractivity contribution >= 4 is 15.9 Å². The van der Waals surface area contributed by atoms with E-state index >= 15 is 0 Å². The van der Waals surface area contributed by atoms with Crippen molar-refractivity contribution in [1.82, 2.24) is 15.5 Å². The van der Waals surface area contributed by atoms with Gasteiger partial charge in [-0.15, -0.1) is 0 Å². The Labute approximate surface area is 124 Å². The summed E-state index contributed by atoms with van der Waals surface area (Å²) in [5.74, 6) is 0.678. The smallest absolute Gasteiger partial charge is 0.244 e. The van der Waals surface area contributed by atoms with Gasteiger partial charge in [-0.2, -0.15) is 4.98 Å². The van der Waals surface area contributed by atoms with Gasteiger partial charge in [0, 0.05) is 10.0 Å². The average Bonchev–Trinajstić information content (AvgIpc) is 2.77. The van der Waals surface area contributed by atoms with E-state index in [4.69, 9.17) is 4.52 Å². The molecule has 4 nitrogen and oxygen atoms in total. The van der Waals surface area contributed by atoms with Crippen LogP contribution in [0.4, 0.5) is 4.39 Å². The predicted octanol–water partition coefficient (Wildman–Crippen LogP) is 3.84. The van der Waals surface area contributed by atoms with Gasteiger partial charge in [0.2, 0.25) is 11.7 Å². The minimum Gasteiger partial charge on any atom is -0.337 e. The normalized spacial score (nSPS) is 19.8. The highest BCUT2D eigenvalue weighted by Crippen LogP contribution is 2.29. The molecule has 2 heterocycles. The molecule has 0 amide bonds. The monoisotopic (exact) mass is 339 g/mol. The zero-order valence-electron chi connectivity index (χ0n) is 10.9. The fourth-order valence-electron chi connectivity index (χ4n) is 2.39. The zero-order chi connectivity index (χ0) is 13.9. The number of hydrogen-bond acceptors (Lipinski definition) is 4. The summed E-state index contributed by atoms with van der Waals surface area (Å²) in [6, 6.07) is 4.54. The summed E-state index contributed by atoms with van der Waals surface area (Å²) in [4.78, 5) is 4.41. The molecule has 0 radical (unpaired) electrons. The molecule has 0 bridgehead atoms. The van der Waals surface area contributed by atoms with E-state index in [0.29, 0.717) is 17.3 Å². The van der Waals surface area contributed by atoms with Crippen LogP contribution in [0.1, 0.15) is 37.6 Å². The molecule has 1 fully saturated rings. The molecule has 3 rings (SSSR count). The zero-order valence-corrected chi connectivity index (χ0v) is 12.5. The van der Waals surface area contributed by atoms with Crippen molar-refractivity contribution in [2.45, 2.75) is 31.7 Å². The first-order chi connectivity index (χ1) is 9.74. The number of nitrogens with zero attached hydrogens (tertiary/aromatic N) is 2. The lowest BCUT2D eigenvalue weighted by Crippen LogP contribution is -2.20. The summed E-state index contributed by atoms with van der Waals surface area (Å²) in [5, 5.41) is 7.38. The summed E-state index contributed by atoms with van der Waals surface area (Å²) in [7, 11) is 0. The summed E-state index contributed by atoms with van der Waals surface area (Å²) < 4.78 is 19.4. The molecule has 0 saturated carbocycles. The van der Waals surface area contributed by atoms with E-state index in [1.807, 2.05) is 0 Å². The molecular formula is C14H15BrFN3O. The number of halogens is 2. The number of nitrogens with one attached hydrogen (secondary N) is 1. The summed E-state index contributed by atoms with van der Waals surface area (Å²) in [5.41, 5.74) is 0.605. The van der Waals surface area contributed by atoms with Crippen molar-refractivity contribution in [3.05, 3.63) is 34.4 Å². The molecule has 1 aliphatic rings. The number of rotatable bonds is 2. The lowest BCUT2D eigenvalue weighted by Gasteiger charge is -2.09. The quantitative estimate of drug-likeness (QED) is 0.902. The molecule has 1 N–H and O–H groups in total. The summed E-state index contributed by atoms with van der Waals surface area (Å²) >= 11 is 3.38. The van der Waals surface area contributed by atoms with Gasteiger partial charge < -0.3 is 9.84 Å². The van der Waals surface area contributed by atoms with Gasteiger partial charge in [-0.25, -0.2) is 4.39 Å². The molecule has 6 heteroatoms. The van der Waals surface area contributed by atoms with Crippen molar-refractivity contribution in [2.24, 2.45) is 0 Å². The van der Waals surface area contributed by atoms with Crippen LogP contribution in [0.5, 0.6) is 0 Å². The van der Waals surface area contributed by atoms with Crippen molar-refractivity contribution in [2.75, 3.05) is 6.54 Å². The minimum absolute atomic E-state index is 0.103. The van der Waals surface area contributed by atoms with E-state index in [1.54, 1.807) is 6.07 Å². The molecule has 1 aliphatic heterocycles. The molecule has 20 heavy (non-hydrogen) atoms. The lowest BCUT2D eigenvalue weighted by atomic mass is 10.1. The Bertz CT molecular complexity index is 594. The highest BCUT2D eigenvalue weighted by atomic mass is 79.9. The van der Waals surface area contributed by atoms with Crippen molar-refractivity contribution in [3.63, 3.8) is 0 Å². The fourth-order valence-corrected chi connectivity index (χ4v) is 2.82. The lowest BCUT2D eigenvalue weighted by molar-refractivity contribution is 0.327. The Hall–Kier alpha value is -1.27. The van der Waals surface area contributed by atoms with Crippen LogP contribution < -0.4 is 5.32 Å². The molecule has 0 spiro atoms. The summed E-state index contributed by atoms with van der Waals surface area (Å²) in [6.07, 6.45) is 4.54. The standard InChI is InChI=1S/C14H15BrFN3O/c15-11-6-5-9(16)8-10(11)13-18-14(20-19-13)12-4-2-1-3-7-17-12/h5-6,8,12,17H,1-4,7H2. The van der Waals surface area contributed by atoms with Crippen LogP contribution in [0.25, 0.3) is 11.4 Å². The average molecular weight is 340 g/mol. The fraction of sp³-hybridized carbons (Fsp3) is 0.429. The second-order valence-corrected chi connectivity index (χ2v) is 5.79. The van der Waals surface area contributed by atoms with Gasteiger partial charge in [0.15, 0.2) is 0 Å². The Balaban J connectivity index is 1.87. The molecule has 1 atom stereocenters. The maximum atomic E-state index is 13.3. The minimum atomic E-state index is -0.317. The van der Waals surface area contributed by atoms with Gasteiger partial charge in [-0.3, -0.25) is 0 Å². The van der Waals surface area contributed by atoms with Crippen LogP contribution in [-0.2, 0) is 0 Å². The first kappa shape index (κ1) is 13.7. The van der Waals surface area contributed by atoms with E-state index in [9.17, 15) is 4.39 Å². The van der Waals surface area contributed by atoms with Gasteiger partial charge in [-0.1, -0.05) is 33.9 Å². The van der Waals surface area contributed by atoms with Crippen LogP contribution >= 0.6 is 15.9 Å². The van der Waals surface area contributed by atoms with Crippen LogP contribution in [0.15, 0.2) is 27.2 Å². The maximum Gasteiger partial charge on any atom is 0.244 e. The van der Waals surface area contributed by atoms with E-state index in [0.717, 1.165) is 23.9 Å². The Morgan fingerprint density at radius 2 is 2.20 bits per heavy atom. The predicted molar refractivity (Wildman–Crippen MR) is 76.6 cm³/mol. The Morgan fingerprint density at radius 1 is 1.30 bits per heavy atom. The Kier molecular flexibility index (Phi) is 4.12. The highest BCUT2D eigenvalue weighted by molar-refractivity contribution is 9.10. The van der Waals surface area contributed by atoms with Gasteiger partial charge in [0.05, 0.1) is 6.04 Å². The second kappa shape index (κ2) is 6.01. The van der Waals surface area contributed by atoms with E-state index < -0.39 is 0 Å². The number of hydrogen-bond donors (Lipinski definition) is 1. The molecule has 1 aromatic heterocycles. The number of aromatic nitrogens is 2. The van der Waals surface area contributed by atoms with Gasteiger partial charge >= 0.3 is 0 Å². The third kappa shape index (κ3) is 2.91. The van der Waals surface area contributed by atoms with Crippen LogP contribution in [0, 0.1) is 5.82 Å². The second-order valence-electron chi connectivity index (χ2n) is 4.94. The molecule has 1 aromatic carbocycles. The molecule has 2 aromatic rings. The van der Waals surface area contributed by atoms with E-state index in [1.165, 1.54) is 25.0 Å². The maximum absolute atomic E-state index is 13.3. The van der Waals surface area contributed by atoms with Gasteiger partial charge in [-0.05, 0) is 37.6 Å². The van der Waals surface area contributed by atoms with Crippen molar-refractivity contribution in [1.29, 1.82) is 0 Å². The van der Waals surface area contributed by atoms with E-state index in [2.05, 4.69) is 31.4 Å². The van der Waals surface area contributed by atoms with Crippen molar-refractivity contribution < 1.29 is 8.91 Å². The van der Waals surface area contributed by atoms with Gasteiger partial charge in [0.25, 0.3) is 0 Å². The topological polar surface area (TPSA) is 51.0 Å². The van der Waals surface area contributed by atoms with Crippen LogP contribution in [0.2, 0.25) is 0 Å². The summed E-state index contributed by atoms with van der Waals surface area (Å²) in [6.45, 7) is 0.964. The first-order valence-corrected chi connectivity index (χ1v) is 7.56.